The Morgan fingerprint density at radius 2 is 1.68 bits per heavy atom. The zero-order valence-corrected chi connectivity index (χ0v) is 30.4. The van der Waals surface area contributed by atoms with Gasteiger partial charge in [-0.3, -0.25) is 24.1 Å². The maximum Gasteiger partial charge on any atom is 0.246 e. The first-order chi connectivity index (χ1) is 25.7. The Hall–Kier alpha value is -5.26. The number of amides is 3. The molecule has 4 aromatic rings. The molecule has 3 aliphatic rings. The molecule has 0 bridgehead atoms. The van der Waals surface area contributed by atoms with Crippen LogP contribution in [0.4, 0.5) is 0 Å². The molecule has 0 aliphatic carbocycles. The number of Topliss-reactive ketones (excluding diaryl/α,β-unsaturated/α-hetero) is 1. The van der Waals surface area contributed by atoms with E-state index in [1.165, 1.54) is 6.42 Å². The van der Waals surface area contributed by atoms with E-state index in [2.05, 4.69) is 11.5 Å². The molecular weight excluding hydrogens is 668 g/mol. The molecule has 1 N–H and O–H groups in total. The van der Waals surface area contributed by atoms with Crippen LogP contribution in [0.15, 0.2) is 91.6 Å². The number of carbonyl (C=O) groups excluding carboxylic acids is 4. The van der Waals surface area contributed by atoms with Crippen LogP contribution < -0.4 is 0 Å². The molecule has 3 aliphatic heterocycles. The number of hydrazine groups is 1. The summed E-state index contributed by atoms with van der Waals surface area (Å²) >= 11 is 0. The van der Waals surface area contributed by atoms with E-state index in [9.17, 15) is 24.3 Å². The van der Waals surface area contributed by atoms with Gasteiger partial charge in [0.25, 0.3) is 0 Å². The summed E-state index contributed by atoms with van der Waals surface area (Å²) in [6.07, 6.45) is 7.23. The topological polar surface area (TPSA) is 110 Å². The van der Waals surface area contributed by atoms with Gasteiger partial charge in [-0.1, -0.05) is 73.2 Å². The molecule has 3 aromatic carbocycles. The average Bonchev–Trinajstić information content (AvgIpc) is 3.51. The normalized spacial score (nSPS) is 19.8. The van der Waals surface area contributed by atoms with Gasteiger partial charge in [-0.05, 0) is 61.2 Å². The molecular formula is C42H48N6O5. The minimum atomic E-state index is -0.879. The van der Waals surface area contributed by atoms with Crippen molar-refractivity contribution < 1.29 is 24.3 Å². The van der Waals surface area contributed by atoms with Crippen molar-refractivity contribution in [3.63, 3.8) is 0 Å². The number of fused-ring (bicyclic) bond motifs is 2. The molecule has 1 aromatic heterocycles. The van der Waals surface area contributed by atoms with Crippen LogP contribution in [0.25, 0.3) is 10.9 Å². The number of hydrogen-bond acceptors (Lipinski definition) is 7. The van der Waals surface area contributed by atoms with Crippen LogP contribution in [0, 0.1) is 0 Å². The van der Waals surface area contributed by atoms with E-state index < -0.39 is 12.2 Å². The molecule has 53 heavy (non-hydrogen) atoms. The number of rotatable bonds is 12. The molecule has 0 radical (unpaired) electrons. The number of ketones is 1. The van der Waals surface area contributed by atoms with Gasteiger partial charge in [0.05, 0.1) is 25.2 Å². The summed E-state index contributed by atoms with van der Waals surface area (Å²) in [5, 5.41) is 14.2. The maximum absolute atomic E-state index is 14.6. The highest BCUT2D eigenvalue weighted by atomic mass is 16.3. The lowest BCUT2D eigenvalue weighted by molar-refractivity contribution is -0.205. The second-order valence-corrected chi connectivity index (χ2v) is 14.5. The van der Waals surface area contributed by atoms with Gasteiger partial charge >= 0.3 is 0 Å². The number of phenolic OH excluding ortho intramolecular Hbond substituents is 1. The van der Waals surface area contributed by atoms with Crippen molar-refractivity contribution in [3.05, 3.63) is 114 Å². The molecule has 3 saturated heterocycles. The van der Waals surface area contributed by atoms with Crippen molar-refractivity contribution in [2.45, 2.75) is 57.3 Å². The van der Waals surface area contributed by atoms with Crippen molar-refractivity contribution in [2.75, 3.05) is 39.3 Å². The molecule has 4 heterocycles. The maximum atomic E-state index is 14.6. The second-order valence-electron chi connectivity index (χ2n) is 14.5. The van der Waals surface area contributed by atoms with E-state index >= 15 is 0 Å². The zero-order valence-electron chi connectivity index (χ0n) is 30.4. The minimum Gasteiger partial charge on any atom is -0.508 e. The standard InChI is InChI=1S/C42H48N6O5/c1-3-21-46-29-40(52)47-36(24-31-15-18-33(49)19-16-31)42(53)45(28-38(47)48(46)39(51)20-17-30-11-6-4-7-12-30)25-32-13-10-14-34-35(26-43(2)41(32)34)37(50)27-44-22-8-5-9-23-44/h3-4,6-7,10-16,18-19,26,36,38,49H,1,5,8-9,17,20-25,27-29H2,2H3/t36-,38-/m0/s1. The van der Waals surface area contributed by atoms with Crippen LogP contribution in [0.1, 0.15) is 52.7 Å². The third-order valence-corrected chi connectivity index (χ3v) is 10.8. The molecule has 0 unspecified atom stereocenters. The number of carbonyl (C=O) groups is 4. The number of nitrogens with zero attached hydrogens (tertiary/aromatic N) is 6. The number of hydrogen-bond donors (Lipinski definition) is 1. The SMILES string of the molecule is C=CCN1CC(=O)N2[C@@H](Cc3ccc(O)cc3)C(=O)N(Cc3cccc4c(C(=O)CN5CCCCC5)cn(C)c34)C[C@@H]2N1C(=O)CCc1ccccc1. The monoisotopic (exact) mass is 716 g/mol. The first kappa shape index (κ1) is 36.1. The van der Waals surface area contributed by atoms with Gasteiger partial charge in [-0.15, -0.1) is 6.58 Å². The summed E-state index contributed by atoms with van der Waals surface area (Å²) in [7, 11) is 1.93. The summed E-state index contributed by atoms with van der Waals surface area (Å²) in [4.78, 5) is 62.1. The largest absolute Gasteiger partial charge is 0.508 e. The fourth-order valence-electron chi connectivity index (χ4n) is 8.28. The van der Waals surface area contributed by atoms with Crippen LogP contribution in [0.5, 0.6) is 5.75 Å². The lowest BCUT2D eigenvalue weighted by Gasteiger charge is -2.55. The highest BCUT2D eigenvalue weighted by molar-refractivity contribution is 6.09. The predicted octanol–water partition coefficient (Wildman–Crippen LogP) is 4.54. The molecule has 3 fully saturated rings. The number of likely N-dealkylation sites (tertiary alicyclic amines) is 1. The van der Waals surface area contributed by atoms with Crippen LogP contribution in [-0.4, -0.2) is 109 Å². The lowest BCUT2D eigenvalue weighted by atomic mass is 9.97. The Balaban J connectivity index is 1.23. The van der Waals surface area contributed by atoms with Crippen molar-refractivity contribution in [1.82, 2.24) is 29.3 Å². The molecule has 276 valence electrons. The Morgan fingerprint density at radius 1 is 0.925 bits per heavy atom. The first-order valence-corrected chi connectivity index (χ1v) is 18.6. The van der Waals surface area contributed by atoms with E-state index in [0.717, 1.165) is 53.5 Å². The lowest BCUT2D eigenvalue weighted by Crippen LogP contribution is -2.75. The van der Waals surface area contributed by atoms with Gasteiger partial charge in [0, 0.05) is 50.1 Å². The summed E-state index contributed by atoms with van der Waals surface area (Å²) in [5.41, 5.74) is 4.25. The van der Waals surface area contributed by atoms with Gasteiger partial charge in [-0.25, -0.2) is 10.0 Å². The summed E-state index contributed by atoms with van der Waals surface area (Å²) in [6, 6.07) is 21.5. The molecule has 0 spiro atoms. The quantitative estimate of drug-likeness (QED) is 0.170. The Morgan fingerprint density at radius 3 is 2.42 bits per heavy atom. The molecule has 0 saturated carbocycles. The van der Waals surface area contributed by atoms with E-state index in [1.807, 2.05) is 66.3 Å². The predicted molar refractivity (Wildman–Crippen MR) is 203 cm³/mol. The highest BCUT2D eigenvalue weighted by Gasteiger charge is 2.51. The number of phenols is 1. The van der Waals surface area contributed by atoms with Gasteiger partial charge in [0.1, 0.15) is 18.0 Å². The number of benzene rings is 3. The minimum absolute atomic E-state index is 0.0597. The Bertz CT molecular complexity index is 1990. The van der Waals surface area contributed by atoms with Gasteiger partial charge in [0.2, 0.25) is 17.7 Å². The number of aromatic hydroxyl groups is 1. The smallest absolute Gasteiger partial charge is 0.246 e. The van der Waals surface area contributed by atoms with E-state index in [4.69, 9.17) is 0 Å². The van der Waals surface area contributed by atoms with Gasteiger partial charge in [0.15, 0.2) is 5.78 Å². The molecule has 3 amide bonds. The Kier molecular flexibility index (Phi) is 10.7. The molecule has 11 nitrogen and oxygen atoms in total. The Labute approximate surface area is 310 Å². The van der Waals surface area contributed by atoms with Gasteiger partial charge < -0.3 is 19.5 Å². The van der Waals surface area contributed by atoms with E-state index in [-0.39, 0.29) is 61.7 Å². The van der Waals surface area contributed by atoms with Crippen molar-refractivity contribution >= 4 is 34.4 Å². The van der Waals surface area contributed by atoms with Crippen LogP contribution in [-0.2, 0) is 40.8 Å². The average molecular weight is 717 g/mol. The van der Waals surface area contributed by atoms with Crippen LogP contribution in [0.3, 0.4) is 0 Å². The molecule has 11 heteroatoms. The number of aryl methyl sites for hydroxylation is 2. The van der Waals surface area contributed by atoms with E-state index in [0.29, 0.717) is 25.1 Å². The van der Waals surface area contributed by atoms with Crippen LogP contribution in [0.2, 0.25) is 0 Å². The van der Waals surface area contributed by atoms with Crippen molar-refractivity contribution in [2.24, 2.45) is 7.05 Å². The number of aromatic nitrogens is 1. The fraction of sp³-hybridized carbons (Fsp3) is 0.381. The zero-order chi connectivity index (χ0) is 37.1. The third kappa shape index (κ3) is 7.63. The third-order valence-electron chi connectivity index (χ3n) is 10.8. The number of piperidine rings is 1. The van der Waals surface area contributed by atoms with E-state index in [1.54, 1.807) is 50.2 Å². The number of para-hydroxylation sites is 1. The summed E-state index contributed by atoms with van der Waals surface area (Å²) in [6.45, 7) is 6.72. The number of piperazine rings is 1. The van der Waals surface area contributed by atoms with Crippen molar-refractivity contribution in [1.29, 1.82) is 0 Å². The van der Waals surface area contributed by atoms with Crippen molar-refractivity contribution in [3.8, 4) is 5.75 Å². The molecule has 7 rings (SSSR count). The first-order valence-electron chi connectivity index (χ1n) is 18.6. The summed E-state index contributed by atoms with van der Waals surface area (Å²) in [5.74, 6) is -0.401. The van der Waals surface area contributed by atoms with Crippen LogP contribution >= 0.6 is 0 Å². The summed E-state index contributed by atoms with van der Waals surface area (Å²) < 4.78 is 1.97. The fourth-order valence-corrected chi connectivity index (χ4v) is 8.28. The van der Waals surface area contributed by atoms with Gasteiger partial charge in [-0.2, -0.15) is 0 Å². The highest BCUT2D eigenvalue weighted by Crippen LogP contribution is 2.32. The second kappa shape index (κ2) is 15.8. The molecule has 2 atom stereocenters.